The second-order valence-corrected chi connectivity index (χ2v) is 3.76. The first-order chi connectivity index (χ1) is 8.04. The van der Waals surface area contributed by atoms with E-state index in [9.17, 15) is 5.11 Å². The van der Waals surface area contributed by atoms with Gasteiger partial charge in [0.2, 0.25) is 5.75 Å². The molecule has 0 aliphatic carbocycles. The Morgan fingerprint density at radius 3 is 1.82 bits per heavy atom. The smallest absolute Gasteiger partial charge is 0.203 e. The lowest BCUT2D eigenvalue weighted by Gasteiger charge is -2.19. The van der Waals surface area contributed by atoms with Gasteiger partial charge in [0.25, 0.3) is 0 Å². The van der Waals surface area contributed by atoms with Gasteiger partial charge in [0.1, 0.15) is 0 Å². The molecule has 0 amide bonds. The first-order valence-electron chi connectivity index (χ1n) is 5.28. The summed E-state index contributed by atoms with van der Waals surface area (Å²) in [7, 11) is 4.58. The molecule has 1 rings (SSSR count). The molecule has 0 aliphatic heterocycles. The summed E-state index contributed by atoms with van der Waals surface area (Å²) in [5.74, 6) is 1.50. The molecule has 0 saturated carbocycles. The SMILES string of the molecule is COc1cc([C@@H](O)[C@H](C)N)cc(OC)c1OC. The number of aliphatic hydroxyl groups excluding tert-OH is 1. The molecule has 1 aromatic carbocycles. The standard InChI is InChI=1S/C12H19NO4/c1-7(13)11(14)8-5-9(15-2)12(17-4)10(6-8)16-3/h5-7,11,14H,13H2,1-4H3/t7-,11-/m0/s1. The van der Waals surface area contributed by atoms with Crippen LogP contribution >= 0.6 is 0 Å². The Balaban J connectivity index is 3.27. The molecule has 96 valence electrons. The van der Waals surface area contributed by atoms with Crippen LogP contribution in [0.1, 0.15) is 18.6 Å². The van der Waals surface area contributed by atoms with E-state index in [1.165, 1.54) is 21.3 Å². The first-order valence-corrected chi connectivity index (χ1v) is 5.28. The molecule has 5 nitrogen and oxygen atoms in total. The lowest BCUT2D eigenvalue weighted by molar-refractivity contribution is 0.152. The molecule has 0 unspecified atom stereocenters. The summed E-state index contributed by atoms with van der Waals surface area (Å²) in [5.41, 5.74) is 6.29. The van der Waals surface area contributed by atoms with Crippen LogP contribution in [-0.4, -0.2) is 32.5 Å². The van der Waals surface area contributed by atoms with Gasteiger partial charge in [-0.25, -0.2) is 0 Å². The largest absolute Gasteiger partial charge is 0.493 e. The van der Waals surface area contributed by atoms with E-state index in [-0.39, 0.29) is 6.04 Å². The molecular weight excluding hydrogens is 222 g/mol. The quantitative estimate of drug-likeness (QED) is 0.807. The van der Waals surface area contributed by atoms with Crippen molar-refractivity contribution in [1.29, 1.82) is 0 Å². The number of hydrogen-bond acceptors (Lipinski definition) is 5. The summed E-state index contributed by atoms with van der Waals surface area (Å²) < 4.78 is 15.6. The third kappa shape index (κ3) is 2.81. The Morgan fingerprint density at radius 2 is 1.53 bits per heavy atom. The maximum absolute atomic E-state index is 9.92. The molecular formula is C12H19NO4. The van der Waals surface area contributed by atoms with Crippen molar-refractivity contribution in [2.45, 2.75) is 19.1 Å². The third-order valence-electron chi connectivity index (χ3n) is 2.53. The van der Waals surface area contributed by atoms with Crippen LogP contribution in [0.4, 0.5) is 0 Å². The average molecular weight is 241 g/mol. The fraction of sp³-hybridized carbons (Fsp3) is 0.500. The van der Waals surface area contributed by atoms with Gasteiger partial charge >= 0.3 is 0 Å². The highest BCUT2D eigenvalue weighted by Gasteiger charge is 2.19. The van der Waals surface area contributed by atoms with Crippen LogP contribution in [0.25, 0.3) is 0 Å². The normalized spacial score (nSPS) is 14.0. The molecule has 0 radical (unpaired) electrons. The van der Waals surface area contributed by atoms with Crippen LogP contribution in [-0.2, 0) is 0 Å². The zero-order valence-corrected chi connectivity index (χ0v) is 10.6. The van der Waals surface area contributed by atoms with Crippen LogP contribution in [0.3, 0.4) is 0 Å². The predicted molar refractivity (Wildman–Crippen MR) is 64.7 cm³/mol. The van der Waals surface area contributed by atoms with Gasteiger partial charge in [0.15, 0.2) is 11.5 Å². The van der Waals surface area contributed by atoms with Crippen molar-refractivity contribution in [2.75, 3.05) is 21.3 Å². The number of aliphatic hydroxyl groups is 1. The van der Waals surface area contributed by atoms with Crippen LogP contribution in [0, 0.1) is 0 Å². The van der Waals surface area contributed by atoms with Crippen molar-refractivity contribution in [3.63, 3.8) is 0 Å². The van der Waals surface area contributed by atoms with Gasteiger partial charge in [-0.3, -0.25) is 0 Å². The highest BCUT2D eigenvalue weighted by Crippen LogP contribution is 2.39. The Hall–Kier alpha value is -1.46. The molecule has 3 N–H and O–H groups in total. The van der Waals surface area contributed by atoms with Gasteiger partial charge < -0.3 is 25.1 Å². The molecule has 17 heavy (non-hydrogen) atoms. The zero-order valence-electron chi connectivity index (χ0n) is 10.6. The van der Waals surface area contributed by atoms with Gasteiger partial charge in [-0.2, -0.15) is 0 Å². The minimum Gasteiger partial charge on any atom is -0.493 e. The van der Waals surface area contributed by atoms with Crippen molar-refractivity contribution in [1.82, 2.24) is 0 Å². The Morgan fingerprint density at radius 1 is 1.06 bits per heavy atom. The Labute approximate surface area is 101 Å². The van der Waals surface area contributed by atoms with E-state index in [4.69, 9.17) is 19.9 Å². The molecule has 0 aliphatic rings. The fourth-order valence-corrected chi connectivity index (χ4v) is 1.58. The third-order valence-corrected chi connectivity index (χ3v) is 2.53. The van der Waals surface area contributed by atoms with Gasteiger partial charge in [-0.15, -0.1) is 0 Å². The van der Waals surface area contributed by atoms with Crippen LogP contribution in [0.2, 0.25) is 0 Å². The van der Waals surface area contributed by atoms with Crippen molar-refractivity contribution >= 4 is 0 Å². The molecule has 2 atom stereocenters. The lowest BCUT2D eigenvalue weighted by atomic mass is 10.0. The maximum Gasteiger partial charge on any atom is 0.203 e. The number of rotatable bonds is 5. The van der Waals surface area contributed by atoms with E-state index in [0.29, 0.717) is 22.8 Å². The van der Waals surface area contributed by atoms with Gasteiger partial charge in [0.05, 0.1) is 27.4 Å². The topological polar surface area (TPSA) is 73.9 Å². The summed E-state index contributed by atoms with van der Waals surface area (Å²) in [5, 5.41) is 9.92. The van der Waals surface area contributed by atoms with Crippen LogP contribution < -0.4 is 19.9 Å². The number of methoxy groups -OCH3 is 3. The molecule has 0 saturated heterocycles. The van der Waals surface area contributed by atoms with Gasteiger partial charge in [-0.1, -0.05) is 0 Å². The second kappa shape index (κ2) is 5.75. The predicted octanol–water partition coefficient (Wildman–Crippen LogP) is 1.09. The van der Waals surface area contributed by atoms with E-state index in [1.807, 2.05) is 0 Å². The minimum atomic E-state index is -0.774. The van der Waals surface area contributed by atoms with Crippen LogP contribution in [0.5, 0.6) is 17.2 Å². The summed E-state index contributed by atoms with van der Waals surface area (Å²) in [6, 6.07) is 3.00. The van der Waals surface area contributed by atoms with Crippen molar-refractivity contribution < 1.29 is 19.3 Å². The highest BCUT2D eigenvalue weighted by atomic mass is 16.5. The van der Waals surface area contributed by atoms with Gasteiger partial charge in [-0.05, 0) is 24.6 Å². The van der Waals surface area contributed by atoms with Crippen LogP contribution in [0.15, 0.2) is 12.1 Å². The van der Waals surface area contributed by atoms with E-state index in [2.05, 4.69) is 0 Å². The molecule has 0 bridgehead atoms. The number of hydrogen-bond donors (Lipinski definition) is 2. The van der Waals surface area contributed by atoms with E-state index in [0.717, 1.165) is 0 Å². The van der Waals surface area contributed by atoms with Crippen molar-refractivity contribution in [3.8, 4) is 17.2 Å². The Bertz CT molecular complexity index is 354. The first kappa shape index (κ1) is 13.6. The molecule has 0 fully saturated rings. The summed E-state index contributed by atoms with van der Waals surface area (Å²) in [6.45, 7) is 1.73. The molecule has 0 spiro atoms. The average Bonchev–Trinajstić information content (AvgIpc) is 2.35. The molecule has 0 heterocycles. The van der Waals surface area contributed by atoms with E-state index >= 15 is 0 Å². The van der Waals surface area contributed by atoms with Gasteiger partial charge in [0, 0.05) is 6.04 Å². The minimum absolute atomic E-state index is 0.377. The van der Waals surface area contributed by atoms with Crippen molar-refractivity contribution in [2.24, 2.45) is 5.73 Å². The number of benzene rings is 1. The molecule has 5 heteroatoms. The van der Waals surface area contributed by atoms with E-state index in [1.54, 1.807) is 19.1 Å². The monoisotopic (exact) mass is 241 g/mol. The maximum atomic E-state index is 9.92. The molecule has 0 aromatic heterocycles. The zero-order chi connectivity index (χ0) is 13.0. The Kier molecular flexibility index (Phi) is 4.60. The highest BCUT2D eigenvalue weighted by molar-refractivity contribution is 5.54. The lowest BCUT2D eigenvalue weighted by Crippen LogP contribution is -2.24. The summed E-state index contributed by atoms with van der Waals surface area (Å²) >= 11 is 0. The summed E-state index contributed by atoms with van der Waals surface area (Å²) in [4.78, 5) is 0. The number of nitrogens with two attached hydrogens (primary N) is 1. The fourth-order valence-electron chi connectivity index (χ4n) is 1.58. The van der Waals surface area contributed by atoms with Crippen molar-refractivity contribution in [3.05, 3.63) is 17.7 Å². The summed E-state index contributed by atoms with van der Waals surface area (Å²) in [6.07, 6.45) is -0.774. The molecule has 1 aromatic rings. The second-order valence-electron chi connectivity index (χ2n) is 3.76. The number of ether oxygens (including phenoxy) is 3. The van der Waals surface area contributed by atoms with E-state index < -0.39 is 6.10 Å².